The van der Waals surface area contributed by atoms with E-state index in [2.05, 4.69) is 15.0 Å². The average molecular weight is 293 g/mol. The summed E-state index contributed by atoms with van der Waals surface area (Å²) in [6, 6.07) is -0.0375. The molecule has 0 aliphatic carbocycles. The maximum atomic E-state index is 12.0. The van der Waals surface area contributed by atoms with Gasteiger partial charge in [-0.1, -0.05) is 11.3 Å². The lowest BCUT2D eigenvalue weighted by atomic mass is 10.3. The van der Waals surface area contributed by atoms with Crippen LogP contribution in [0.3, 0.4) is 0 Å². The number of hydrogen-bond donors (Lipinski definition) is 3. The Kier molecular flexibility index (Phi) is 4.17. The Morgan fingerprint density at radius 2 is 2.33 bits per heavy atom. The standard InChI is InChI=1S/C9H15N3O4S2/c1-6-8(17-9(13)12-6)18(14,15)11-4-7-5-16-3-2-10-7/h7,10-11H,2-5H2,1H3,(H,12,13). The first-order chi connectivity index (χ1) is 8.49. The fourth-order valence-electron chi connectivity index (χ4n) is 1.67. The quantitative estimate of drug-likeness (QED) is 0.662. The van der Waals surface area contributed by atoms with Crippen molar-refractivity contribution in [3.8, 4) is 0 Å². The van der Waals surface area contributed by atoms with Crippen LogP contribution in [0.15, 0.2) is 9.00 Å². The molecule has 1 aromatic heterocycles. The first-order valence-corrected chi connectivity index (χ1v) is 7.79. The first kappa shape index (κ1) is 13.7. The lowest BCUT2D eigenvalue weighted by molar-refractivity contribution is 0.0784. The third-order valence-corrected chi connectivity index (χ3v) is 5.57. The summed E-state index contributed by atoms with van der Waals surface area (Å²) in [5, 5.41) is 3.14. The van der Waals surface area contributed by atoms with Gasteiger partial charge in [0.05, 0.1) is 13.2 Å². The highest BCUT2D eigenvalue weighted by molar-refractivity contribution is 7.91. The highest BCUT2D eigenvalue weighted by atomic mass is 32.2. The topological polar surface area (TPSA) is 100 Å². The molecule has 1 atom stereocenters. The smallest absolute Gasteiger partial charge is 0.305 e. The second-order valence-corrected chi connectivity index (χ2v) is 6.95. The molecule has 1 fully saturated rings. The summed E-state index contributed by atoms with van der Waals surface area (Å²) < 4.78 is 31.7. The maximum Gasteiger partial charge on any atom is 0.305 e. The molecule has 9 heteroatoms. The first-order valence-electron chi connectivity index (χ1n) is 5.49. The summed E-state index contributed by atoms with van der Waals surface area (Å²) in [7, 11) is -3.63. The van der Waals surface area contributed by atoms with E-state index in [1.807, 2.05) is 0 Å². The molecule has 1 aliphatic heterocycles. The second-order valence-electron chi connectivity index (χ2n) is 4.00. The number of aromatic amines is 1. The lowest BCUT2D eigenvalue weighted by Gasteiger charge is -2.23. The summed E-state index contributed by atoms with van der Waals surface area (Å²) in [5.41, 5.74) is 0.366. The zero-order valence-electron chi connectivity index (χ0n) is 9.86. The molecule has 2 heterocycles. The van der Waals surface area contributed by atoms with Gasteiger partial charge in [-0.05, 0) is 6.92 Å². The minimum Gasteiger partial charge on any atom is -0.378 e. The number of aryl methyl sites for hydroxylation is 1. The maximum absolute atomic E-state index is 12.0. The number of sulfonamides is 1. The van der Waals surface area contributed by atoms with E-state index in [-0.39, 0.29) is 21.7 Å². The highest BCUT2D eigenvalue weighted by Gasteiger charge is 2.22. The molecule has 1 aromatic rings. The van der Waals surface area contributed by atoms with Crippen LogP contribution in [-0.2, 0) is 14.8 Å². The summed E-state index contributed by atoms with van der Waals surface area (Å²) in [6.07, 6.45) is 0. The van der Waals surface area contributed by atoms with E-state index in [1.165, 1.54) is 0 Å². The number of aromatic nitrogens is 1. The van der Waals surface area contributed by atoms with Crippen LogP contribution in [0.5, 0.6) is 0 Å². The highest BCUT2D eigenvalue weighted by Crippen LogP contribution is 2.15. The molecule has 0 spiro atoms. The van der Waals surface area contributed by atoms with Crippen LogP contribution in [0.4, 0.5) is 0 Å². The Hall–Kier alpha value is -0.740. The van der Waals surface area contributed by atoms with Gasteiger partial charge in [-0.3, -0.25) is 4.79 Å². The molecule has 1 saturated heterocycles. The van der Waals surface area contributed by atoms with Crippen molar-refractivity contribution in [1.82, 2.24) is 15.0 Å². The third-order valence-electron chi connectivity index (χ3n) is 2.54. The van der Waals surface area contributed by atoms with E-state index in [4.69, 9.17) is 4.74 Å². The van der Waals surface area contributed by atoms with Gasteiger partial charge < -0.3 is 15.0 Å². The van der Waals surface area contributed by atoms with E-state index < -0.39 is 10.0 Å². The van der Waals surface area contributed by atoms with E-state index in [9.17, 15) is 13.2 Å². The summed E-state index contributed by atoms with van der Waals surface area (Å²) in [6.45, 7) is 3.64. The zero-order valence-corrected chi connectivity index (χ0v) is 11.5. The van der Waals surface area contributed by atoms with Crippen molar-refractivity contribution < 1.29 is 13.2 Å². The molecule has 0 aromatic carbocycles. The summed E-state index contributed by atoms with van der Waals surface area (Å²) >= 11 is 0.695. The molecule has 1 unspecified atom stereocenters. The monoisotopic (exact) mass is 293 g/mol. The summed E-state index contributed by atoms with van der Waals surface area (Å²) in [5.74, 6) is 0. The van der Waals surface area contributed by atoms with Crippen LogP contribution in [0, 0.1) is 6.92 Å². The van der Waals surface area contributed by atoms with Crippen molar-refractivity contribution in [2.75, 3.05) is 26.3 Å². The van der Waals surface area contributed by atoms with Gasteiger partial charge in [0.2, 0.25) is 0 Å². The molecule has 0 bridgehead atoms. The largest absolute Gasteiger partial charge is 0.378 e. The SMILES string of the molecule is Cc1[nH]c(=O)sc1S(=O)(=O)NCC1COCCN1. The van der Waals surface area contributed by atoms with Crippen LogP contribution in [0.25, 0.3) is 0 Å². The number of H-pyrrole nitrogens is 1. The normalized spacial score (nSPS) is 21.1. The fourth-order valence-corrected chi connectivity index (χ4v) is 4.10. The molecule has 2 rings (SSSR count). The van der Waals surface area contributed by atoms with Crippen LogP contribution < -0.4 is 14.9 Å². The Morgan fingerprint density at radius 3 is 2.89 bits per heavy atom. The number of rotatable bonds is 4. The van der Waals surface area contributed by atoms with Crippen molar-refractivity contribution in [1.29, 1.82) is 0 Å². The van der Waals surface area contributed by atoms with Crippen molar-refractivity contribution in [2.24, 2.45) is 0 Å². The molecule has 3 N–H and O–H groups in total. The lowest BCUT2D eigenvalue weighted by Crippen LogP contribution is -2.48. The van der Waals surface area contributed by atoms with Crippen LogP contribution in [0.2, 0.25) is 0 Å². The number of hydrogen-bond acceptors (Lipinski definition) is 6. The molecule has 0 radical (unpaired) electrons. The van der Waals surface area contributed by atoms with Gasteiger partial charge in [0, 0.05) is 24.8 Å². The van der Waals surface area contributed by atoms with Gasteiger partial charge in [0.15, 0.2) is 4.21 Å². The Labute approximate surface area is 109 Å². The molecule has 1 aliphatic rings. The number of thiazole rings is 1. The molecule has 0 saturated carbocycles. The average Bonchev–Trinajstić information content (AvgIpc) is 2.68. The van der Waals surface area contributed by atoms with Crippen molar-refractivity contribution in [2.45, 2.75) is 17.2 Å². The van der Waals surface area contributed by atoms with E-state index in [0.717, 1.165) is 0 Å². The van der Waals surface area contributed by atoms with Crippen molar-refractivity contribution in [3.63, 3.8) is 0 Å². The van der Waals surface area contributed by atoms with Gasteiger partial charge in [-0.15, -0.1) is 0 Å². The molecule has 102 valence electrons. The minimum atomic E-state index is -3.63. The second kappa shape index (κ2) is 5.49. The Balaban J connectivity index is 2.03. The van der Waals surface area contributed by atoms with Gasteiger partial charge in [-0.2, -0.15) is 0 Å². The molecule has 7 nitrogen and oxygen atoms in total. The zero-order chi connectivity index (χ0) is 13.2. The van der Waals surface area contributed by atoms with Gasteiger partial charge in [0.25, 0.3) is 10.0 Å². The van der Waals surface area contributed by atoms with Crippen molar-refractivity contribution in [3.05, 3.63) is 15.4 Å². The summed E-state index contributed by atoms with van der Waals surface area (Å²) in [4.78, 5) is 13.2. The molecule has 0 amide bonds. The van der Waals surface area contributed by atoms with Gasteiger partial charge in [-0.25, -0.2) is 13.1 Å². The minimum absolute atomic E-state index is 0.0375. The predicted molar refractivity (Wildman–Crippen MR) is 67.5 cm³/mol. The van der Waals surface area contributed by atoms with Crippen LogP contribution in [-0.4, -0.2) is 45.7 Å². The van der Waals surface area contributed by atoms with E-state index >= 15 is 0 Å². The molecular weight excluding hydrogens is 278 g/mol. The third kappa shape index (κ3) is 3.18. The molecule has 18 heavy (non-hydrogen) atoms. The predicted octanol–water partition coefficient (Wildman–Crippen LogP) is -0.988. The van der Waals surface area contributed by atoms with Crippen LogP contribution >= 0.6 is 11.3 Å². The molecular formula is C9H15N3O4S2. The van der Waals surface area contributed by atoms with Crippen LogP contribution in [0.1, 0.15) is 5.69 Å². The van der Waals surface area contributed by atoms with E-state index in [0.29, 0.717) is 36.8 Å². The fraction of sp³-hybridized carbons (Fsp3) is 0.667. The number of ether oxygens (including phenoxy) is 1. The number of nitrogens with one attached hydrogen (secondary N) is 3. The van der Waals surface area contributed by atoms with Gasteiger partial charge >= 0.3 is 4.87 Å². The Bertz CT molecular complexity index is 557. The Morgan fingerprint density at radius 1 is 1.56 bits per heavy atom. The van der Waals surface area contributed by atoms with Crippen molar-refractivity contribution >= 4 is 21.4 Å². The van der Waals surface area contributed by atoms with Gasteiger partial charge in [0.1, 0.15) is 0 Å². The number of morpholine rings is 1. The van der Waals surface area contributed by atoms with E-state index in [1.54, 1.807) is 6.92 Å².